The van der Waals surface area contributed by atoms with Crippen LogP contribution in [0.25, 0.3) is 0 Å². The maximum Gasteiger partial charge on any atom is 0.00989 e. The van der Waals surface area contributed by atoms with Gasteiger partial charge < -0.3 is 10.6 Å². The minimum absolute atomic E-state index is 0.404. The molecule has 0 amide bonds. The van der Waals surface area contributed by atoms with E-state index in [0.717, 1.165) is 30.8 Å². The van der Waals surface area contributed by atoms with Crippen molar-refractivity contribution in [2.45, 2.75) is 56.7 Å². The highest BCUT2D eigenvalue weighted by Crippen LogP contribution is 2.38. The van der Waals surface area contributed by atoms with Gasteiger partial charge in [0.25, 0.3) is 0 Å². The smallest absolute Gasteiger partial charge is 0.00989 e. The van der Waals surface area contributed by atoms with Crippen LogP contribution in [0.1, 0.15) is 37.7 Å². The molecule has 0 radical (unpaired) electrons. The predicted molar refractivity (Wildman–Crippen MR) is 77.9 cm³/mol. The Labute approximate surface area is 114 Å². The molecule has 0 aromatic carbocycles. The molecule has 1 aromatic heterocycles. The Kier molecular flexibility index (Phi) is 3.73. The summed E-state index contributed by atoms with van der Waals surface area (Å²) in [4.78, 5) is 2.60. The van der Waals surface area contributed by atoms with Crippen LogP contribution < -0.4 is 5.73 Å². The summed E-state index contributed by atoms with van der Waals surface area (Å²) in [5.41, 5.74) is 7.91. The zero-order valence-corrected chi connectivity index (χ0v) is 12.0. The van der Waals surface area contributed by atoms with E-state index in [1.165, 1.54) is 31.2 Å². The highest BCUT2D eigenvalue weighted by molar-refractivity contribution is 7.07. The third kappa shape index (κ3) is 2.49. The Hall–Kier alpha value is -0.380. The number of aryl methyl sites for hydroxylation is 1. The lowest BCUT2D eigenvalue weighted by Gasteiger charge is -2.38. The summed E-state index contributed by atoms with van der Waals surface area (Å²) in [5, 5.41) is 4.42. The fourth-order valence-electron chi connectivity index (χ4n) is 3.81. The van der Waals surface area contributed by atoms with E-state index >= 15 is 0 Å². The molecule has 2 N–H and O–H groups in total. The van der Waals surface area contributed by atoms with Crippen molar-refractivity contribution in [2.24, 2.45) is 11.7 Å². The first kappa shape index (κ1) is 12.6. The van der Waals surface area contributed by atoms with Gasteiger partial charge in [-0.3, -0.25) is 0 Å². The number of fused-ring (bicyclic) bond motifs is 2. The predicted octanol–water partition coefficient (Wildman–Crippen LogP) is 2.88. The molecule has 2 nitrogen and oxygen atoms in total. The van der Waals surface area contributed by atoms with E-state index < -0.39 is 0 Å². The first-order valence-corrected chi connectivity index (χ1v) is 8.17. The van der Waals surface area contributed by atoms with E-state index in [0.29, 0.717) is 6.04 Å². The second kappa shape index (κ2) is 5.32. The van der Waals surface area contributed by atoms with E-state index in [1.807, 2.05) is 0 Å². The molecule has 3 heterocycles. The first-order chi connectivity index (χ1) is 8.74. The van der Waals surface area contributed by atoms with Crippen molar-refractivity contribution in [1.29, 1.82) is 0 Å². The molecular formula is C15H24N2S. The lowest BCUT2D eigenvalue weighted by atomic mass is 9.83. The fourth-order valence-corrected chi connectivity index (χ4v) is 4.51. The average Bonchev–Trinajstić information content (AvgIpc) is 2.93. The molecule has 3 atom stereocenters. The summed E-state index contributed by atoms with van der Waals surface area (Å²) in [7, 11) is 2.30. The van der Waals surface area contributed by atoms with E-state index in [9.17, 15) is 0 Å². The molecule has 3 unspecified atom stereocenters. The van der Waals surface area contributed by atoms with E-state index in [4.69, 9.17) is 5.73 Å². The molecule has 2 bridgehead atoms. The van der Waals surface area contributed by atoms with Crippen LogP contribution in [0, 0.1) is 5.92 Å². The number of rotatable bonds is 4. The van der Waals surface area contributed by atoms with Gasteiger partial charge in [-0.25, -0.2) is 0 Å². The quantitative estimate of drug-likeness (QED) is 0.906. The van der Waals surface area contributed by atoms with Crippen molar-refractivity contribution in [3.63, 3.8) is 0 Å². The van der Waals surface area contributed by atoms with Crippen LogP contribution in [0.5, 0.6) is 0 Å². The topological polar surface area (TPSA) is 29.3 Å². The molecule has 18 heavy (non-hydrogen) atoms. The minimum atomic E-state index is 0.404. The van der Waals surface area contributed by atoms with Crippen molar-refractivity contribution in [3.8, 4) is 0 Å². The van der Waals surface area contributed by atoms with Gasteiger partial charge in [0.2, 0.25) is 0 Å². The highest BCUT2D eigenvalue weighted by Gasteiger charge is 2.39. The van der Waals surface area contributed by atoms with Crippen molar-refractivity contribution in [3.05, 3.63) is 22.4 Å². The normalized spacial score (nSPS) is 33.8. The Morgan fingerprint density at radius 3 is 2.72 bits per heavy atom. The molecule has 2 aliphatic rings. The van der Waals surface area contributed by atoms with Crippen LogP contribution in [-0.4, -0.2) is 30.1 Å². The van der Waals surface area contributed by atoms with Gasteiger partial charge in [0.15, 0.2) is 0 Å². The average molecular weight is 264 g/mol. The zero-order chi connectivity index (χ0) is 12.5. The van der Waals surface area contributed by atoms with E-state index in [-0.39, 0.29) is 0 Å². The molecule has 2 aliphatic heterocycles. The number of piperidine rings is 1. The third-order valence-corrected chi connectivity index (χ3v) is 5.82. The van der Waals surface area contributed by atoms with Gasteiger partial charge in [-0.1, -0.05) is 0 Å². The van der Waals surface area contributed by atoms with Crippen molar-refractivity contribution < 1.29 is 0 Å². The van der Waals surface area contributed by atoms with E-state index in [2.05, 4.69) is 28.8 Å². The number of thiophene rings is 1. The summed E-state index contributed by atoms with van der Waals surface area (Å²) >= 11 is 1.79. The van der Waals surface area contributed by atoms with Gasteiger partial charge >= 0.3 is 0 Å². The third-order valence-electron chi connectivity index (χ3n) is 5.09. The standard InChI is InChI=1S/C15H24N2S/c1-17-13-3-4-14(17)9-12(8-13)15(16)5-2-11-6-7-18-10-11/h6-7,10,12-15H,2-5,8-9,16H2,1H3. The fraction of sp³-hybridized carbons (Fsp3) is 0.733. The Balaban J connectivity index is 1.52. The zero-order valence-electron chi connectivity index (χ0n) is 11.2. The number of hydrogen-bond donors (Lipinski definition) is 1. The number of hydrogen-bond acceptors (Lipinski definition) is 3. The Bertz CT molecular complexity index is 362. The van der Waals surface area contributed by atoms with Gasteiger partial charge in [-0.2, -0.15) is 11.3 Å². The van der Waals surface area contributed by atoms with Gasteiger partial charge in [-0.15, -0.1) is 0 Å². The van der Waals surface area contributed by atoms with Crippen LogP contribution >= 0.6 is 11.3 Å². The molecule has 3 heteroatoms. The molecule has 0 spiro atoms. The van der Waals surface area contributed by atoms with Gasteiger partial charge in [0.1, 0.15) is 0 Å². The summed E-state index contributed by atoms with van der Waals surface area (Å²) in [6.45, 7) is 0. The van der Waals surface area contributed by atoms with Gasteiger partial charge in [0.05, 0.1) is 0 Å². The van der Waals surface area contributed by atoms with Crippen LogP contribution in [-0.2, 0) is 6.42 Å². The van der Waals surface area contributed by atoms with Crippen LogP contribution in [0.15, 0.2) is 16.8 Å². The lowest BCUT2D eigenvalue weighted by molar-refractivity contribution is 0.119. The number of nitrogens with two attached hydrogens (primary N) is 1. The molecule has 100 valence electrons. The highest BCUT2D eigenvalue weighted by atomic mass is 32.1. The summed E-state index contributed by atoms with van der Waals surface area (Å²) < 4.78 is 0. The molecule has 1 aromatic rings. The Morgan fingerprint density at radius 1 is 1.39 bits per heavy atom. The van der Waals surface area contributed by atoms with Crippen molar-refractivity contribution in [1.82, 2.24) is 4.90 Å². The summed E-state index contributed by atoms with van der Waals surface area (Å²) in [6, 6.07) is 4.28. The van der Waals surface area contributed by atoms with Crippen molar-refractivity contribution in [2.75, 3.05) is 7.05 Å². The lowest BCUT2D eigenvalue weighted by Crippen LogP contribution is -2.45. The maximum absolute atomic E-state index is 6.45. The van der Waals surface area contributed by atoms with Crippen molar-refractivity contribution >= 4 is 11.3 Å². The SMILES string of the molecule is CN1C2CCC1CC(C(N)CCc1ccsc1)C2. The minimum Gasteiger partial charge on any atom is -0.327 e. The molecule has 0 saturated carbocycles. The molecule has 0 aliphatic carbocycles. The molecule has 2 saturated heterocycles. The molecule has 2 fully saturated rings. The Morgan fingerprint density at radius 2 is 2.11 bits per heavy atom. The molecular weight excluding hydrogens is 240 g/mol. The van der Waals surface area contributed by atoms with E-state index in [1.54, 1.807) is 11.3 Å². The maximum atomic E-state index is 6.45. The van der Waals surface area contributed by atoms with Crippen LogP contribution in [0.4, 0.5) is 0 Å². The summed E-state index contributed by atoms with van der Waals surface area (Å²) in [5.74, 6) is 0.761. The number of nitrogens with zero attached hydrogens (tertiary/aromatic N) is 1. The molecule has 3 rings (SSSR count). The summed E-state index contributed by atoms with van der Waals surface area (Å²) in [6.07, 6.45) is 7.77. The largest absolute Gasteiger partial charge is 0.327 e. The van der Waals surface area contributed by atoms with Crippen LogP contribution in [0.3, 0.4) is 0 Å². The first-order valence-electron chi connectivity index (χ1n) is 7.22. The van der Waals surface area contributed by atoms with Gasteiger partial charge in [0, 0.05) is 18.1 Å². The van der Waals surface area contributed by atoms with Gasteiger partial charge in [-0.05, 0) is 73.9 Å². The monoisotopic (exact) mass is 264 g/mol. The van der Waals surface area contributed by atoms with Crippen LogP contribution in [0.2, 0.25) is 0 Å². The second-order valence-corrected chi connectivity index (χ2v) is 6.90. The second-order valence-electron chi connectivity index (χ2n) is 6.12.